The van der Waals surface area contributed by atoms with Crippen LogP contribution in [-0.2, 0) is 0 Å². The van der Waals surface area contributed by atoms with Crippen LogP contribution in [0.3, 0.4) is 0 Å². The lowest BCUT2D eigenvalue weighted by Gasteiger charge is -2.08. The SMILES string of the molecule is CC(CO)NCCCN. The molecule has 0 saturated heterocycles. The molecule has 0 aliphatic carbocycles. The second-order valence-electron chi connectivity index (χ2n) is 2.18. The van der Waals surface area contributed by atoms with Gasteiger partial charge in [0, 0.05) is 6.04 Å². The molecule has 0 radical (unpaired) electrons. The third kappa shape index (κ3) is 5.76. The van der Waals surface area contributed by atoms with Crippen molar-refractivity contribution in [3.05, 3.63) is 0 Å². The average Bonchev–Trinajstić information content (AvgIpc) is 1.89. The highest BCUT2D eigenvalue weighted by Gasteiger charge is 1.94. The number of aliphatic hydroxyl groups excluding tert-OH is 1. The third-order valence-corrected chi connectivity index (χ3v) is 1.15. The molecule has 0 saturated carbocycles. The Balaban J connectivity index is 2.88. The summed E-state index contributed by atoms with van der Waals surface area (Å²) in [5.74, 6) is 0. The third-order valence-electron chi connectivity index (χ3n) is 1.15. The highest BCUT2D eigenvalue weighted by Crippen LogP contribution is 1.77. The van der Waals surface area contributed by atoms with E-state index in [1.54, 1.807) is 0 Å². The number of nitrogens with two attached hydrogens (primary N) is 1. The molecule has 3 nitrogen and oxygen atoms in total. The zero-order valence-corrected chi connectivity index (χ0v) is 5.93. The molecular formula is C6H16N2O. The molecule has 0 fully saturated rings. The first-order valence-electron chi connectivity index (χ1n) is 3.35. The first kappa shape index (κ1) is 8.88. The van der Waals surface area contributed by atoms with Crippen molar-refractivity contribution in [2.75, 3.05) is 19.7 Å². The van der Waals surface area contributed by atoms with Crippen molar-refractivity contribution in [2.24, 2.45) is 5.73 Å². The van der Waals surface area contributed by atoms with Gasteiger partial charge in [-0.2, -0.15) is 0 Å². The van der Waals surface area contributed by atoms with Crippen molar-refractivity contribution < 1.29 is 5.11 Å². The molecule has 0 aliphatic heterocycles. The molecule has 0 aromatic heterocycles. The van der Waals surface area contributed by atoms with E-state index in [-0.39, 0.29) is 12.6 Å². The van der Waals surface area contributed by atoms with Crippen LogP contribution >= 0.6 is 0 Å². The normalized spacial score (nSPS) is 13.7. The largest absolute Gasteiger partial charge is 0.395 e. The maximum atomic E-state index is 8.54. The monoisotopic (exact) mass is 132 g/mol. The zero-order chi connectivity index (χ0) is 7.11. The van der Waals surface area contributed by atoms with Crippen LogP contribution in [0.2, 0.25) is 0 Å². The van der Waals surface area contributed by atoms with E-state index in [4.69, 9.17) is 10.8 Å². The number of hydrogen-bond donors (Lipinski definition) is 3. The van der Waals surface area contributed by atoms with Gasteiger partial charge in [-0.3, -0.25) is 0 Å². The van der Waals surface area contributed by atoms with Crippen molar-refractivity contribution in [2.45, 2.75) is 19.4 Å². The first-order valence-corrected chi connectivity index (χ1v) is 3.35. The van der Waals surface area contributed by atoms with Gasteiger partial charge in [-0.25, -0.2) is 0 Å². The van der Waals surface area contributed by atoms with Gasteiger partial charge >= 0.3 is 0 Å². The minimum Gasteiger partial charge on any atom is -0.395 e. The fourth-order valence-corrected chi connectivity index (χ4v) is 0.515. The van der Waals surface area contributed by atoms with Crippen LogP contribution in [0.4, 0.5) is 0 Å². The summed E-state index contributed by atoms with van der Waals surface area (Å²) in [6, 6.07) is 0.205. The van der Waals surface area contributed by atoms with Gasteiger partial charge in [0.05, 0.1) is 6.61 Å². The van der Waals surface area contributed by atoms with Gasteiger partial charge in [-0.15, -0.1) is 0 Å². The molecule has 56 valence electrons. The summed E-state index contributed by atoms with van der Waals surface area (Å²) in [6.45, 7) is 3.75. The van der Waals surface area contributed by atoms with Crippen LogP contribution < -0.4 is 11.1 Å². The van der Waals surface area contributed by atoms with Gasteiger partial charge in [0.2, 0.25) is 0 Å². The second kappa shape index (κ2) is 6.01. The van der Waals surface area contributed by atoms with Crippen LogP contribution in [-0.4, -0.2) is 30.8 Å². The van der Waals surface area contributed by atoms with Gasteiger partial charge in [0.25, 0.3) is 0 Å². The molecule has 0 rings (SSSR count). The molecule has 0 bridgehead atoms. The van der Waals surface area contributed by atoms with Gasteiger partial charge in [-0.1, -0.05) is 0 Å². The van der Waals surface area contributed by atoms with E-state index in [2.05, 4.69) is 5.32 Å². The number of hydrogen-bond acceptors (Lipinski definition) is 3. The standard InChI is InChI=1S/C6H16N2O/c1-6(5-9)8-4-2-3-7/h6,8-9H,2-5,7H2,1H3. The molecule has 1 unspecified atom stereocenters. The van der Waals surface area contributed by atoms with E-state index in [1.165, 1.54) is 0 Å². The molecule has 0 aromatic rings. The quantitative estimate of drug-likeness (QED) is 0.434. The Morgan fingerprint density at radius 1 is 1.67 bits per heavy atom. The Hall–Kier alpha value is -0.120. The summed E-state index contributed by atoms with van der Waals surface area (Å²) in [6.07, 6.45) is 0.977. The van der Waals surface area contributed by atoms with Gasteiger partial charge in [-0.05, 0) is 26.4 Å². The smallest absolute Gasteiger partial charge is 0.0581 e. The van der Waals surface area contributed by atoms with Crippen LogP contribution in [0.1, 0.15) is 13.3 Å². The molecule has 0 spiro atoms. The van der Waals surface area contributed by atoms with Crippen LogP contribution in [0.25, 0.3) is 0 Å². The highest BCUT2D eigenvalue weighted by molar-refractivity contribution is 4.57. The predicted molar refractivity (Wildman–Crippen MR) is 38.2 cm³/mol. The summed E-state index contributed by atoms with van der Waals surface area (Å²) in [4.78, 5) is 0. The minimum absolute atomic E-state index is 0.199. The molecule has 4 N–H and O–H groups in total. The number of aliphatic hydroxyl groups is 1. The topological polar surface area (TPSA) is 58.3 Å². The van der Waals surface area contributed by atoms with E-state index in [0.717, 1.165) is 13.0 Å². The maximum absolute atomic E-state index is 8.54. The Morgan fingerprint density at radius 3 is 2.78 bits per heavy atom. The van der Waals surface area contributed by atoms with Gasteiger partial charge in [0.1, 0.15) is 0 Å². The maximum Gasteiger partial charge on any atom is 0.0581 e. The molecule has 0 aliphatic rings. The van der Waals surface area contributed by atoms with Crippen molar-refractivity contribution in [3.63, 3.8) is 0 Å². The first-order chi connectivity index (χ1) is 4.31. The van der Waals surface area contributed by atoms with Gasteiger partial charge < -0.3 is 16.2 Å². The highest BCUT2D eigenvalue weighted by atomic mass is 16.3. The number of rotatable bonds is 5. The van der Waals surface area contributed by atoms with Crippen LogP contribution in [0.5, 0.6) is 0 Å². The van der Waals surface area contributed by atoms with E-state index in [1.807, 2.05) is 6.92 Å². The molecule has 0 amide bonds. The summed E-state index contributed by atoms with van der Waals surface area (Å²) in [5.41, 5.74) is 5.25. The summed E-state index contributed by atoms with van der Waals surface area (Å²) in [7, 11) is 0. The lowest BCUT2D eigenvalue weighted by Crippen LogP contribution is -2.30. The molecular weight excluding hydrogens is 116 g/mol. The van der Waals surface area contributed by atoms with E-state index >= 15 is 0 Å². The van der Waals surface area contributed by atoms with Crippen LogP contribution in [0.15, 0.2) is 0 Å². The van der Waals surface area contributed by atoms with Crippen molar-refractivity contribution in [1.82, 2.24) is 5.32 Å². The Bertz CT molecular complexity index is 59.0. The summed E-state index contributed by atoms with van der Waals surface area (Å²) < 4.78 is 0. The molecule has 0 aromatic carbocycles. The van der Waals surface area contributed by atoms with E-state index in [0.29, 0.717) is 6.54 Å². The molecule has 9 heavy (non-hydrogen) atoms. The fourth-order valence-electron chi connectivity index (χ4n) is 0.515. The lowest BCUT2D eigenvalue weighted by molar-refractivity contribution is 0.252. The molecule has 3 heteroatoms. The zero-order valence-electron chi connectivity index (χ0n) is 5.93. The summed E-state index contributed by atoms with van der Waals surface area (Å²) in [5, 5.41) is 11.6. The predicted octanol–water partition coefficient (Wildman–Crippen LogP) is -0.694. The van der Waals surface area contributed by atoms with Crippen molar-refractivity contribution in [1.29, 1.82) is 0 Å². The fraction of sp³-hybridized carbons (Fsp3) is 1.00. The average molecular weight is 132 g/mol. The van der Waals surface area contributed by atoms with Gasteiger partial charge in [0.15, 0.2) is 0 Å². The van der Waals surface area contributed by atoms with Crippen LogP contribution in [0, 0.1) is 0 Å². The Kier molecular flexibility index (Phi) is 5.93. The molecule has 1 atom stereocenters. The molecule has 0 heterocycles. The Labute approximate surface area is 56.2 Å². The van der Waals surface area contributed by atoms with Crippen molar-refractivity contribution >= 4 is 0 Å². The van der Waals surface area contributed by atoms with Crippen molar-refractivity contribution in [3.8, 4) is 0 Å². The van der Waals surface area contributed by atoms with E-state index < -0.39 is 0 Å². The van der Waals surface area contributed by atoms with E-state index in [9.17, 15) is 0 Å². The lowest BCUT2D eigenvalue weighted by atomic mass is 10.3. The number of nitrogens with one attached hydrogen (secondary N) is 1. The Morgan fingerprint density at radius 2 is 2.33 bits per heavy atom. The minimum atomic E-state index is 0.199. The second-order valence-corrected chi connectivity index (χ2v) is 2.18. The summed E-state index contributed by atoms with van der Waals surface area (Å²) >= 11 is 0.